The Morgan fingerprint density at radius 2 is 2.29 bits per heavy atom. The molecule has 0 aliphatic rings. The van der Waals surface area contributed by atoms with E-state index in [0.717, 1.165) is 17.8 Å². The molecule has 0 fully saturated rings. The van der Waals surface area contributed by atoms with Crippen molar-refractivity contribution >= 4 is 0 Å². The van der Waals surface area contributed by atoms with E-state index in [2.05, 4.69) is 35.1 Å². The molecule has 3 nitrogen and oxygen atoms in total. The molecule has 1 N–H and O–H groups in total. The van der Waals surface area contributed by atoms with Gasteiger partial charge in [-0.3, -0.25) is 0 Å². The van der Waals surface area contributed by atoms with Gasteiger partial charge in [0.15, 0.2) is 0 Å². The lowest BCUT2D eigenvalue weighted by Gasteiger charge is -2.14. The molecule has 1 unspecified atom stereocenters. The van der Waals surface area contributed by atoms with Crippen molar-refractivity contribution in [2.24, 2.45) is 0 Å². The molecule has 0 aliphatic carbocycles. The molecule has 1 heterocycles. The summed E-state index contributed by atoms with van der Waals surface area (Å²) in [5.41, 5.74) is 3.16. The van der Waals surface area contributed by atoms with Crippen molar-refractivity contribution in [1.29, 1.82) is 0 Å². The van der Waals surface area contributed by atoms with Crippen LogP contribution in [0.4, 0.5) is 0 Å². The molecular formula is C11H17N3. The fraction of sp³-hybridized carbons (Fsp3) is 0.455. The van der Waals surface area contributed by atoms with Crippen molar-refractivity contribution in [3.05, 3.63) is 35.7 Å². The van der Waals surface area contributed by atoms with Crippen LogP contribution in [0.15, 0.2) is 18.7 Å². The maximum absolute atomic E-state index is 4.18. The molecule has 1 rings (SSSR count). The predicted molar refractivity (Wildman–Crippen MR) is 58.1 cm³/mol. The second-order valence-electron chi connectivity index (χ2n) is 3.24. The topological polar surface area (TPSA) is 37.8 Å². The lowest BCUT2D eigenvalue weighted by atomic mass is 10.0. The number of hydrogen-bond acceptors (Lipinski definition) is 3. The van der Waals surface area contributed by atoms with Crippen LogP contribution in [0.1, 0.15) is 29.9 Å². The summed E-state index contributed by atoms with van der Waals surface area (Å²) < 4.78 is 0. The standard InChI is InChI=1S/C11H17N3/c1-5-10(12-4)9-7-8(3)13-14-11(9)6-2/h5,7,10,12H,1,6H2,2-4H3. The van der Waals surface area contributed by atoms with Crippen LogP contribution >= 0.6 is 0 Å². The zero-order chi connectivity index (χ0) is 10.6. The summed E-state index contributed by atoms with van der Waals surface area (Å²) in [6.07, 6.45) is 2.78. The quantitative estimate of drug-likeness (QED) is 0.737. The van der Waals surface area contributed by atoms with Gasteiger partial charge in [0.05, 0.1) is 17.4 Å². The van der Waals surface area contributed by atoms with Gasteiger partial charge >= 0.3 is 0 Å². The smallest absolute Gasteiger partial charge is 0.0679 e. The van der Waals surface area contributed by atoms with E-state index in [0.29, 0.717) is 0 Å². The van der Waals surface area contributed by atoms with E-state index in [4.69, 9.17) is 0 Å². The van der Waals surface area contributed by atoms with Crippen molar-refractivity contribution in [1.82, 2.24) is 15.5 Å². The van der Waals surface area contributed by atoms with Crippen LogP contribution in [0.3, 0.4) is 0 Å². The number of rotatable bonds is 4. The van der Waals surface area contributed by atoms with Crippen LogP contribution in [-0.2, 0) is 6.42 Å². The molecule has 0 bridgehead atoms. The minimum absolute atomic E-state index is 0.166. The van der Waals surface area contributed by atoms with E-state index in [1.165, 1.54) is 5.56 Å². The summed E-state index contributed by atoms with van der Waals surface area (Å²) in [6.45, 7) is 7.83. The minimum atomic E-state index is 0.166. The third kappa shape index (κ3) is 2.17. The number of nitrogens with zero attached hydrogens (tertiary/aromatic N) is 2. The van der Waals surface area contributed by atoms with Gasteiger partial charge in [0.25, 0.3) is 0 Å². The average molecular weight is 191 g/mol. The Labute approximate surface area is 85.3 Å². The predicted octanol–water partition coefficient (Wildman–Crippen LogP) is 1.79. The highest BCUT2D eigenvalue weighted by Crippen LogP contribution is 2.17. The third-order valence-electron chi connectivity index (χ3n) is 2.24. The van der Waals surface area contributed by atoms with Gasteiger partial charge in [-0.1, -0.05) is 13.0 Å². The largest absolute Gasteiger partial charge is 0.310 e. The molecular weight excluding hydrogens is 174 g/mol. The van der Waals surface area contributed by atoms with Crippen LogP contribution in [0.25, 0.3) is 0 Å². The molecule has 14 heavy (non-hydrogen) atoms. The first kappa shape index (κ1) is 10.9. The molecule has 3 heteroatoms. The molecule has 76 valence electrons. The van der Waals surface area contributed by atoms with Gasteiger partial charge in [0.2, 0.25) is 0 Å². The Morgan fingerprint density at radius 1 is 1.57 bits per heavy atom. The molecule has 0 radical (unpaired) electrons. The van der Waals surface area contributed by atoms with Gasteiger partial charge in [-0.2, -0.15) is 10.2 Å². The fourth-order valence-corrected chi connectivity index (χ4v) is 1.48. The summed E-state index contributed by atoms with van der Waals surface area (Å²) in [4.78, 5) is 0. The maximum Gasteiger partial charge on any atom is 0.0679 e. The van der Waals surface area contributed by atoms with Gasteiger partial charge in [-0.05, 0) is 32.0 Å². The Balaban J connectivity index is 3.14. The van der Waals surface area contributed by atoms with Gasteiger partial charge in [0, 0.05) is 0 Å². The SMILES string of the molecule is C=CC(NC)c1cc(C)nnc1CC. The van der Waals surface area contributed by atoms with Crippen LogP contribution in [-0.4, -0.2) is 17.2 Å². The van der Waals surface area contributed by atoms with Crippen molar-refractivity contribution in [3.8, 4) is 0 Å². The number of hydrogen-bond donors (Lipinski definition) is 1. The maximum atomic E-state index is 4.18. The lowest BCUT2D eigenvalue weighted by molar-refractivity contribution is 0.690. The fourth-order valence-electron chi connectivity index (χ4n) is 1.48. The number of likely N-dealkylation sites (N-methyl/N-ethyl adjacent to an activating group) is 1. The molecule has 1 aromatic rings. The molecule has 1 atom stereocenters. The molecule has 0 saturated heterocycles. The highest BCUT2D eigenvalue weighted by atomic mass is 15.1. The third-order valence-corrected chi connectivity index (χ3v) is 2.24. The van der Waals surface area contributed by atoms with E-state index in [9.17, 15) is 0 Å². The van der Waals surface area contributed by atoms with E-state index in [1.54, 1.807) is 0 Å². The monoisotopic (exact) mass is 191 g/mol. The van der Waals surface area contributed by atoms with Gasteiger partial charge in [0.1, 0.15) is 0 Å². The molecule has 1 aromatic heterocycles. The Bertz CT molecular complexity index is 320. The van der Waals surface area contributed by atoms with Gasteiger partial charge < -0.3 is 5.32 Å². The van der Waals surface area contributed by atoms with E-state index >= 15 is 0 Å². The number of aryl methyl sites for hydroxylation is 2. The van der Waals surface area contributed by atoms with Crippen LogP contribution in [0.2, 0.25) is 0 Å². The normalized spacial score (nSPS) is 12.5. The van der Waals surface area contributed by atoms with Crippen molar-refractivity contribution in [3.63, 3.8) is 0 Å². The molecule has 0 spiro atoms. The summed E-state index contributed by atoms with van der Waals surface area (Å²) in [7, 11) is 1.92. The summed E-state index contributed by atoms with van der Waals surface area (Å²) in [5, 5.41) is 11.4. The van der Waals surface area contributed by atoms with Crippen LogP contribution in [0.5, 0.6) is 0 Å². The van der Waals surface area contributed by atoms with E-state index in [1.807, 2.05) is 20.0 Å². The Kier molecular flexibility index (Phi) is 3.77. The molecule has 0 aromatic carbocycles. The van der Waals surface area contributed by atoms with Crippen molar-refractivity contribution in [2.75, 3.05) is 7.05 Å². The highest BCUT2D eigenvalue weighted by Gasteiger charge is 2.11. The van der Waals surface area contributed by atoms with E-state index < -0.39 is 0 Å². The van der Waals surface area contributed by atoms with Gasteiger partial charge in [-0.15, -0.1) is 6.58 Å². The Morgan fingerprint density at radius 3 is 2.79 bits per heavy atom. The second kappa shape index (κ2) is 4.86. The van der Waals surface area contributed by atoms with Crippen molar-refractivity contribution in [2.45, 2.75) is 26.3 Å². The summed E-state index contributed by atoms with van der Waals surface area (Å²) in [6, 6.07) is 2.23. The summed E-state index contributed by atoms with van der Waals surface area (Å²) in [5.74, 6) is 0. The molecule has 0 saturated carbocycles. The zero-order valence-electron chi connectivity index (χ0n) is 9.04. The first-order chi connectivity index (χ1) is 6.72. The molecule has 0 amide bonds. The number of aromatic nitrogens is 2. The second-order valence-corrected chi connectivity index (χ2v) is 3.24. The molecule has 0 aliphatic heterocycles. The summed E-state index contributed by atoms with van der Waals surface area (Å²) >= 11 is 0. The van der Waals surface area contributed by atoms with Crippen LogP contribution < -0.4 is 5.32 Å². The first-order valence-corrected chi connectivity index (χ1v) is 4.85. The number of nitrogens with one attached hydrogen (secondary N) is 1. The average Bonchev–Trinajstić information content (AvgIpc) is 2.20. The highest BCUT2D eigenvalue weighted by molar-refractivity contribution is 5.27. The minimum Gasteiger partial charge on any atom is -0.310 e. The van der Waals surface area contributed by atoms with E-state index in [-0.39, 0.29) is 6.04 Å². The lowest BCUT2D eigenvalue weighted by Crippen LogP contribution is -2.16. The first-order valence-electron chi connectivity index (χ1n) is 4.85. The zero-order valence-corrected chi connectivity index (χ0v) is 9.04. The van der Waals surface area contributed by atoms with Crippen molar-refractivity contribution < 1.29 is 0 Å². The van der Waals surface area contributed by atoms with Gasteiger partial charge in [-0.25, -0.2) is 0 Å². The Hall–Kier alpha value is -1.22. The van der Waals surface area contributed by atoms with Crippen LogP contribution in [0, 0.1) is 6.92 Å².